The predicted octanol–water partition coefficient (Wildman–Crippen LogP) is 5.02. The zero-order chi connectivity index (χ0) is 21.5. The molecule has 0 radical (unpaired) electrons. The van der Waals surface area contributed by atoms with Crippen molar-refractivity contribution >= 4 is 26.8 Å². The number of benzene rings is 1. The summed E-state index contributed by atoms with van der Waals surface area (Å²) in [6.45, 7) is 3.32. The summed E-state index contributed by atoms with van der Waals surface area (Å²) in [5, 5.41) is 11.9. The van der Waals surface area contributed by atoms with Crippen molar-refractivity contribution in [2.24, 2.45) is 5.92 Å². The molecule has 0 aliphatic heterocycles. The van der Waals surface area contributed by atoms with Crippen LogP contribution in [0, 0.1) is 10.7 Å². The number of hydrogen-bond acceptors (Lipinski definition) is 5. The van der Waals surface area contributed by atoms with E-state index in [4.69, 9.17) is 4.78 Å². The first kappa shape index (κ1) is 21.7. The predicted molar refractivity (Wildman–Crippen MR) is 122 cm³/mol. The number of carbonyl (C=O) groups excluding carboxylic acids is 1. The van der Waals surface area contributed by atoms with E-state index in [9.17, 15) is 14.1 Å². The van der Waals surface area contributed by atoms with Gasteiger partial charge in [0, 0.05) is 6.42 Å². The molecular weight excluding hydrogens is 414 g/mol. The zero-order valence-corrected chi connectivity index (χ0v) is 19.5. The highest BCUT2D eigenvalue weighted by atomic mass is 32.2. The van der Waals surface area contributed by atoms with Gasteiger partial charge in [0.2, 0.25) is 0 Å². The number of fused-ring (bicyclic) bond motifs is 1. The second-order valence-electron chi connectivity index (χ2n) is 9.44. The van der Waals surface area contributed by atoms with Gasteiger partial charge >= 0.3 is 0 Å². The lowest BCUT2D eigenvalue weighted by Gasteiger charge is -2.27. The van der Waals surface area contributed by atoms with Gasteiger partial charge in [0.05, 0.1) is 21.1 Å². The zero-order valence-electron chi connectivity index (χ0n) is 17.8. The maximum absolute atomic E-state index is 13.1. The smallest absolute Gasteiger partial charge is 0.151 e. The Hall–Kier alpha value is -1.50. The fraction of sp³-hybridized carbons (Fsp3) is 0.542. The summed E-state index contributed by atoms with van der Waals surface area (Å²) in [6.07, 6.45) is 8.39. The molecule has 2 aromatic rings. The van der Waals surface area contributed by atoms with Crippen molar-refractivity contribution in [1.29, 1.82) is 4.78 Å². The Morgan fingerprint density at radius 1 is 1.27 bits per heavy atom. The van der Waals surface area contributed by atoms with Gasteiger partial charge in [-0.15, -0.1) is 11.3 Å². The molecule has 30 heavy (non-hydrogen) atoms. The van der Waals surface area contributed by atoms with Crippen LogP contribution in [0.2, 0.25) is 0 Å². The maximum atomic E-state index is 13.1. The molecule has 1 fully saturated rings. The van der Waals surface area contributed by atoms with E-state index in [1.165, 1.54) is 47.3 Å². The number of Topliss-reactive ketones (excluding diaryl/α,β-unsaturated/α-hetero) is 1. The van der Waals surface area contributed by atoms with Crippen molar-refractivity contribution in [1.82, 2.24) is 0 Å². The molecule has 0 spiro atoms. The Kier molecular flexibility index (Phi) is 5.94. The van der Waals surface area contributed by atoms with Gasteiger partial charge in [-0.05, 0) is 84.7 Å². The summed E-state index contributed by atoms with van der Waals surface area (Å²) in [5.41, 5.74) is 4.71. The van der Waals surface area contributed by atoms with Crippen LogP contribution in [0.1, 0.15) is 67.3 Å². The molecule has 4 nitrogen and oxygen atoms in total. The van der Waals surface area contributed by atoms with E-state index in [-0.39, 0.29) is 18.0 Å². The SMILES string of the molecule is CC(C)(O)c1csc([S@@](=N)(=O)CC(=O)Cc2c(CC3CCC3)ccc3c2CCC3)c1. The maximum Gasteiger partial charge on any atom is 0.151 e. The van der Waals surface area contributed by atoms with Gasteiger partial charge in [-0.1, -0.05) is 31.4 Å². The van der Waals surface area contributed by atoms with Gasteiger partial charge in [-0.25, -0.2) is 8.99 Å². The van der Waals surface area contributed by atoms with Crippen LogP contribution in [0.4, 0.5) is 0 Å². The highest BCUT2D eigenvalue weighted by Crippen LogP contribution is 2.35. The molecule has 6 heteroatoms. The first-order chi connectivity index (χ1) is 14.1. The molecule has 0 amide bonds. The van der Waals surface area contributed by atoms with Gasteiger partial charge in [0.15, 0.2) is 5.78 Å². The summed E-state index contributed by atoms with van der Waals surface area (Å²) in [5.74, 6) is 0.346. The number of rotatable bonds is 8. The van der Waals surface area contributed by atoms with E-state index < -0.39 is 15.3 Å². The molecule has 2 aliphatic carbocycles. The normalized spacial score (nSPS) is 18.6. The van der Waals surface area contributed by atoms with Gasteiger partial charge < -0.3 is 5.11 Å². The van der Waals surface area contributed by atoms with E-state index in [0.29, 0.717) is 9.77 Å². The van der Waals surface area contributed by atoms with E-state index >= 15 is 0 Å². The Morgan fingerprint density at radius 2 is 2.03 bits per heavy atom. The Morgan fingerprint density at radius 3 is 2.67 bits per heavy atom. The average Bonchev–Trinajstić information content (AvgIpc) is 3.28. The Balaban J connectivity index is 1.53. The number of hydrogen-bond donors (Lipinski definition) is 2. The number of thiophene rings is 1. The van der Waals surface area contributed by atoms with Crippen LogP contribution >= 0.6 is 11.3 Å². The van der Waals surface area contributed by atoms with Crippen LogP contribution in [0.3, 0.4) is 0 Å². The molecule has 0 bridgehead atoms. The lowest BCUT2D eigenvalue weighted by atomic mass is 9.79. The second-order valence-corrected chi connectivity index (χ2v) is 12.7. The lowest BCUT2D eigenvalue weighted by molar-refractivity contribution is -0.116. The fourth-order valence-corrected chi connectivity index (χ4v) is 7.32. The number of aliphatic hydroxyl groups is 1. The van der Waals surface area contributed by atoms with Crippen molar-refractivity contribution < 1.29 is 14.1 Å². The van der Waals surface area contributed by atoms with E-state index in [1.807, 2.05) is 0 Å². The molecule has 2 aliphatic rings. The molecule has 0 unspecified atom stereocenters. The summed E-state index contributed by atoms with van der Waals surface area (Å²) in [6, 6.07) is 6.06. The van der Waals surface area contributed by atoms with Gasteiger partial charge in [0.25, 0.3) is 0 Å². The van der Waals surface area contributed by atoms with Crippen molar-refractivity contribution in [3.05, 3.63) is 51.4 Å². The molecule has 162 valence electrons. The summed E-state index contributed by atoms with van der Waals surface area (Å²) in [7, 11) is -3.20. The van der Waals surface area contributed by atoms with Crippen molar-refractivity contribution in [2.75, 3.05) is 5.75 Å². The summed E-state index contributed by atoms with van der Waals surface area (Å²) >= 11 is 1.20. The molecule has 1 atom stereocenters. The number of carbonyl (C=O) groups is 1. The highest BCUT2D eigenvalue weighted by Gasteiger charge is 2.26. The van der Waals surface area contributed by atoms with E-state index in [1.54, 1.807) is 25.3 Å². The van der Waals surface area contributed by atoms with Gasteiger partial charge in [-0.3, -0.25) is 4.79 Å². The van der Waals surface area contributed by atoms with Crippen LogP contribution in [-0.2, 0) is 45.8 Å². The minimum atomic E-state index is -3.20. The monoisotopic (exact) mass is 445 g/mol. The summed E-state index contributed by atoms with van der Waals surface area (Å²) < 4.78 is 21.8. The van der Waals surface area contributed by atoms with Crippen LogP contribution in [0.25, 0.3) is 0 Å². The standard InChI is InChI=1S/C24H31NO3S2/c1-24(2,27)19-12-23(29-14-19)30(25,28)15-20(26)13-22-18(11-16-5-3-6-16)10-9-17-7-4-8-21(17)22/h9-10,12,14,16,25,27H,3-8,11,13,15H2,1-2H3/t30-/m0/s1. The minimum Gasteiger partial charge on any atom is -0.386 e. The molecule has 1 heterocycles. The quantitative estimate of drug-likeness (QED) is 0.598. The highest BCUT2D eigenvalue weighted by molar-refractivity contribution is 7.95. The first-order valence-electron chi connectivity index (χ1n) is 10.9. The first-order valence-corrected chi connectivity index (χ1v) is 13.5. The Bertz CT molecular complexity index is 1060. The third-order valence-electron chi connectivity index (χ3n) is 6.58. The molecule has 1 aromatic heterocycles. The van der Waals surface area contributed by atoms with Crippen molar-refractivity contribution in [2.45, 2.75) is 75.0 Å². The third-order valence-corrected chi connectivity index (χ3v) is 9.89. The van der Waals surface area contributed by atoms with Gasteiger partial charge in [-0.2, -0.15) is 0 Å². The van der Waals surface area contributed by atoms with Crippen LogP contribution < -0.4 is 0 Å². The topological polar surface area (TPSA) is 78.2 Å². The molecule has 2 N–H and O–H groups in total. The average molecular weight is 446 g/mol. The molecule has 1 aromatic carbocycles. The summed E-state index contributed by atoms with van der Waals surface area (Å²) in [4.78, 5) is 13.0. The van der Waals surface area contributed by atoms with Crippen LogP contribution in [-0.4, -0.2) is 20.9 Å². The van der Waals surface area contributed by atoms with E-state index in [0.717, 1.165) is 37.2 Å². The van der Waals surface area contributed by atoms with Crippen LogP contribution in [0.5, 0.6) is 0 Å². The minimum absolute atomic E-state index is 0.122. The third kappa shape index (κ3) is 4.56. The molecule has 1 saturated carbocycles. The largest absolute Gasteiger partial charge is 0.386 e. The molecule has 4 rings (SSSR count). The fourth-order valence-electron chi connectivity index (χ4n) is 4.57. The Labute approximate surface area is 183 Å². The van der Waals surface area contributed by atoms with Gasteiger partial charge in [0.1, 0.15) is 4.21 Å². The van der Waals surface area contributed by atoms with Crippen molar-refractivity contribution in [3.8, 4) is 0 Å². The number of ketones is 1. The lowest BCUT2D eigenvalue weighted by Crippen LogP contribution is -2.20. The molecule has 0 saturated heterocycles. The number of aryl methyl sites for hydroxylation is 1. The second kappa shape index (κ2) is 8.21. The molecular formula is C24H31NO3S2. The van der Waals surface area contributed by atoms with E-state index in [2.05, 4.69) is 12.1 Å². The number of nitrogens with one attached hydrogen (secondary N) is 1. The van der Waals surface area contributed by atoms with Crippen LogP contribution in [0.15, 0.2) is 27.8 Å². The van der Waals surface area contributed by atoms with Crippen molar-refractivity contribution in [3.63, 3.8) is 0 Å².